The smallest absolute Gasteiger partial charge is 1.00 e. The van der Waals surface area contributed by atoms with E-state index in [1.807, 2.05) is 6.07 Å². The summed E-state index contributed by atoms with van der Waals surface area (Å²) in [5, 5.41) is 9.07. The van der Waals surface area contributed by atoms with Crippen molar-refractivity contribution < 1.29 is 44.9 Å². The fourth-order valence-electron chi connectivity index (χ4n) is 6.53. The number of pyridine rings is 1. The largest absolute Gasteiger partial charge is 1.00 e. The van der Waals surface area contributed by atoms with Crippen LogP contribution in [0.3, 0.4) is 0 Å². The number of unbranched alkanes of at least 4 members (excludes halogenated alkanes) is 15. The van der Waals surface area contributed by atoms with E-state index in [9.17, 15) is 0 Å². The van der Waals surface area contributed by atoms with Gasteiger partial charge in [0.05, 0.1) is 19.4 Å². The summed E-state index contributed by atoms with van der Waals surface area (Å²) in [5.41, 5.74) is 1.93. The van der Waals surface area contributed by atoms with Gasteiger partial charge in [-0.25, -0.2) is 4.98 Å². The fourth-order valence-corrected chi connectivity index (χ4v) is 12.0. The molecular formula is C36H67N2NaO3Si. The Morgan fingerprint density at radius 1 is 0.721 bits per heavy atom. The first kappa shape index (κ1) is 42.6. The van der Waals surface area contributed by atoms with Crippen LogP contribution in [0, 0.1) is 11.3 Å². The van der Waals surface area contributed by atoms with Crippen LogP contribution >= 0.6 is 0 Å². The first-order valence-electron chi connectivity index (χ1n) is 17.5. The maximum Gasteiger partial charge on any atom is 1.00 e. The minimum absolute atomic E-state index is 0. The predicted octanol–water partition coefficient (Wildman–Crippen LogP) is 8.29. The predicted molar refractivity (Wildman–Crippen MR) is 182 cm³/mol. The van der Waals surface area contributed by atoms with Gasteiger partial charge in [0.15, 0.2) is 0 Å². The van der Waals surface area contributed by atoms with Crippen LogP contribution in [0.5, 0.6) is 5.75 Å². The minimum Gasteiger partial charge on any atom is -1.00 e. The molecule has 0 aliphatic carbocycles. The molecule has 0 unspecified atom stereocenters. The second-order valence-corrected chi connectivity index (χ2v) is 18.7. The summed E-state index contributed by atoms with van der Waals surface area (Å²) in [4.78, 5) is 4.17. The van der Waals surface area contributed by atoms with Gasteiger partial charge >= 0.3 is 29.6 Å². The van der Waals surface area contributed by atoms with Crippen molar-refractivity contribution in [2.24, 2.45) is 0 Å². The fraction of sp³-hybridized carbons (Fsp3) is 0.833. The van der Waals surface area contributed by atoms with E-state index < -0.39 is 8.32 Å². The van der Waals surface area contributed by atoms with E-state index in [1.54, 1.807) is 12.3 Å². The van der Waals surface area contributed by atoms with E-state index in [2.05, 4.69) is 59.5 Å². The van der Waals surface area contributed by atoms with Crippen LogP contribution in [0.2, 0.25) is 16.6 Å². The first-order valence-corrected chi connectivity index (χ1v) is 19.7. The Morgan fingerprint density at radius 3 is 1.58 bits per heavy atom. The maximum atomic E-state index is 9.07. The molecule has 1 aromatic heterocycles. The summed E-state index contributed by atoms with van der Waals surface area (Å²) in [6.45, 7) is 17.9. The topological polar surface area (TPSA) is 64.4 Å². The van der Waals surface area contributed by atoms with E-state index in [0.29, 0.717) is 41.3 Å². The Morgan fingerprint density at radius 2 is 1.19 bits per heavy atom. The van der Waals surface area contributed by atoms with Gasteiger partial charge in [-0.3, -0.25) is 0 Å². The van der Waals surface area contributed by atoms with Crippen LogP contribution in [-0.2, 0) is 9.16 Å². The molecule has 0 spiro atoms. The zero-order valence-electron chi connectivity index (χ0n) is 30.6. The molecule has 1 rings (SSSR count). The number of ether oxygens (including phenoxy) is 2. The summed E-state index contributed by atoms with van der Waals surface area (Å²) in [5.74, 6) is 0.652. The minimum atomic E-state index is -2.01. The molecule has 0 saturated heterocycles. The molecule has 0 aliphatic heterocycles. The van der Waals surface area contributed by atoms with Gasteiger partial charge in [0.2, 0.25) is 8.32 Å². The second-order valence-electron chi connectivity index (χ2n) is 13.2. The third-order valence-corrected chi connectivity index (χ3v) is 14.9. The van der Waals surface area contributed by atoms with Crippen LogP contribution in [0.4, 0.5) is 0 Å². The molecule has 0 aromatic carbocycles. The van der Waals surface area contributed by atoms with Crippen LogP contribution in [0.1, 0.15) is 158 Å². The van der Waals surface area contributed by atoms with Crippen LogP contribution < -0.4 is 34.3 Å². The Bertz CT molecular complexity index is 799. The maximum absolute atomic E-state index is 9.07. The molecule has 1 atom stereocenters. The van der Waals surface area contributed by atoms with Crippen molar-refractivity contribution in [3.05, 3.63) is 24.0 Å². The molecule has 0 aliphatic rings. The Balaban J connectivity index is 0. The molecule has 244 valence electrons. The van der Waals surface area contributed by atoms with Gasteiger partial charge in [-0.15, -0.1) is 0 Å². The van der Waals surface area contributed by atoms with Crippen LogP contribution in [-0.4, -0.2) is 39.2 Å². The molecule has 0 amide bonds. The number of rotatable bonds is 27. The van der Waals surface area contributed by atoms with Crippen molar-refractivity contribution >= 4 is 8.32 Å². The number of nitriles is 1. The van der Waals surface area contributed by atoms with Crippen molar-refractivity contribution in [1.82, 2.24) is 4.98 Å². The quantitative estimate of drug-likeness (QED) is 0.0726. The molecule has 0 saturated carbocycles. The third kappa shape index (κ3) is 18.3. The summed E-state index contributed by atoms with van der Waals surface area (Å²) in [6, 6.07) is 5.57. The van der Waals surface area contributed by atoms with Gasteiger partial charge in [0, 0.05) is 6.61 Å². The normalized spacial score (nSPS) is 12.5. The Labute approximate surface area is 291 Å². The number of hydrogen-bond donors (Lipinski definition) is 0. The van der Waals surface area contributed by atoms with Crippen molar-refractivity contribution in [1.29, 1.82) is 5.26 Å². The molecule has 0 radical (unpaired) electrons. The monoisotopic (exact) mass is 626 g/mol. The zero-order chi connectivity index (χ0) is 31.1. The SMILES string of the molecule is CCCCCCCCCCCCCCCCCCOC[C@H](CO[Si](C(C)C)(C(C)C)C(C)C)Oc1ccc(C#N)nc1.[H-].[Na+]. The number of hydrogen-bond acceptors (Lipinski definition) is 5. The summed E-state index contributed by atoms with van der Waals surface area (Å²) in [6.07, 6.45) is 23.3. The summed E-state index contributed by atoms with van der Waals surface area (Å²) >= 11 is 0. The second kappa shape index (κ2) is 26.8. The average molecular weight is 627 g/mol. The van der Waals surface area contributed by atoms with Crippen molar-refractivity contribution in [3.63, 3.8) is 0 Å². The van der Waals surface area contributed by atoms with Crippen LogP contribution in [0.25, 0.3) is 0 Å². The standard InChI is InChI=1S/C36H66N2O3Si.Na.H/c1-8-9-10-11-12-13-14-15-16-17-18-19-20-21-22-23-26-39-29-36(41-35-25-24-34(27-37)38-28-35)30-40-42(31(2)3,32(4)5)33(6)7;;/h24-25,28,31-33,36H,8-23,26,29-30H2,1-7H3;;/q;+1;-1/t36-;;/m1../s1. The molecule has 0 bridgehead atoms. The summed E-state index contributed by atoms with van der Waals surface area (Å²) < 4.78 is 19.2. The van der Waals surface area contributed by atoms with Gasteiger partial charge in [-0.05, 0) is 35.2 Å². The van der Waals surface area contributed by atoms with Crippen molar-refractivity contribution in [2.75, 3.05) is 19.8 Å². The molecule has 0 N–H and O–H groups in total. The van der Waals surface area contributed by atoms with Crippen molar-refractivity contribution in [3.8, 4) is 11.8 Å². The Hall–Kier alpha value is -0.423. The summed E-state index contributed by atoms with van der Waals surface area (Å²) in [7, 11) is -2.01. The number of aromatic nitrogens is 1. The molecule has 1 heterocycles. The third-order valence-electron chi connectivity index (χ3n) is 8.83. The molecule has 43 heavy (non-hydrogen) atoms. The van der Waals surface area contributed by atoms with E-state index >= 15 is 0 Å². The molecular weight excluding hydrogens is 559 g/mol. The van der Waals surface area contributed by atoms with Gasteiger partial charge in [-0.2, -0.15) is 5.26 Å². The van der Waals surface area contributed by atoms with Gasteiger partial charge in [0.1, 0.15) is 23.6 Å². The van der Waals surface area contributed by atoms with Gasteiger partial charge < -0.3 is 15.3 Å². The molecule has 1 aromatic rings. The molecule has 7 heteroatoms. The van der Waals surface area contributed by atoms with E-state index in [-0.39, 0.29) is 37.1 Å². The van der Waals surface area contributed by atoms with Gasteiger partial charge in [-0.1, -0.05) is 145 Å². The van der Waals surface area contributed by atoms with E-state index in [0.717, 1.165) is 13.0 Å². The van der Waals surface area contributed by atoms with Crippen LogP contribution in [0.15, 0.2) is 18.3 Å². The van der Waals surface area contributed by atoms with E-state index in [4.69, 9.17) is 19.2 Å². The number of nitrogens with zero attached hydrogens (tertiary/aromatic N) is 2. The molecule has 5 nitrogen and oxygen atoms in total. The average Bonchev–Trinajstić information content (AvgIpc) is 2.96. The molecule has 0 fully saturated rings. The zero-order valence-corrected chi connectivity index (χ0v) is 32.6. The first-order chi connectivity index (χ1) is 20.3. The van der Waals surface area contributed by atoms with Gasteiger partial charge in [0.25, 0.3) is 0 Å². The van der Waals surface area contributed by atoms with E-state index in [1.165, 1.54) is 96.3 Å². The van der Waals surface area contributed by atoms with Crippen molar-refractivity contribution in [2.45, 2.75) is 174 Å². The Kier molecular flexibility index (Phi) is 26.5.